The monoisotopic (exact) mass is 184 g/mol. The molecule has 0 fully saturated rings. The van der Waals surface area contributed by atoms with E-state index in [9.17, 15) is 4.39 Å². The molecule has 0 amide bonds. The van der Waals surface area contributed by atoms with E-state index in [0.717, 1.165) is 0 Å². The Balaban J connectivity index is 3.19. The molecule has 0 radical (unpaired) electrons. The average molecular weight is 184 g/mol. The van der Waals surface area contributed by atoms with E-state index in [1.165, 1.54) is 14.0 Å². The molecule has 1 aromatic rings. The normalized spacial score (nSPS) is 12.6. The number of benzene rings is 1. The summed E-state index contributed by atoms with van der Waals surface area (Å²) in [4.78, 5) is 0. The lowest BCUT2D eigenvalue weighted by atomic mass is 10.0. The van der Waals surface area contributed by atoms with Gasteiger partial charge in [0.25, 0.3) is 0 Å². The van der Waals surface area contributed by atoms with Crippen molar-refractivity contribution >= 4 is 0 Å². The van der Waals surface area contributed by atoms with Crippen molar-refractivity contribution in [1.82, 2.24) is 0 Å². The fraction of sp³-hybridized carbons (Fsp3) is 0.400. The molecule has 0 aliphatic heterocycles. The van der Waals surface area contributed by atoms with Crippen LogP contribution in [-0.2, 0) is 6.61 Å². The van der Waals surface area contributed by atoms with Crippen LogP contribution in [-0.4, -0.2) is 12.2 Å². The summed E-state index contributed by atoms with van der Waals surface area (Å²) in [7, 11) is 1.50. The fourth-order valence-electron chi connectivity index (χ4n) is 1.32. The Morgan fingerprint density at radius 3 is 2.69 bits per heavy atom. The van der Waals surface area contributed by atoms with Gasteiger partial charge in [0.15, 0.2) is 0 Å². The second-order valence-corrected chi connectivity index (χ2v) is 2.80. The molecular weight excluding hydrogens is 171 g/mol. The predicted octanol–water partition coefficient (Wildman–Crippen LogP) is 2.22. The lowest BCUT2D eigenvalue weighted by Gasteiger charge is -2.12. The van der Waals surface area contributed by atoms with Gasteiger partial charge in [-0.25, -0.2) is 4.39 Å². The number of hydrogen-bond donors (Lipinski definition) is 1. The van der Waals surface area contributed by atoms with E-state index < -0.39 is 6.17 Å². The van der Waals surface area contributed by atoms with Gasteiger partial charge in [0.05, 0.1) is 13.7 Å². The maximum Gasteiger partial charge on any atom is 0.124 e. The van der Waals surface area contributed by atoms with Crippen LogP contribution < -0.4 is 4.74 Å². The Hall–Kier alpha value is -1.09. The van der Waals surface area contributed by atoms with Gasteiger partial charge in [0, 0.05) is 5.56 Å². The van der Waals surface area contributed by atoms with E-state index in [2.05, 4.69) is 0 Å². The third-order valence-corrected chi connectivity index (χ3v) is 1.98. The SMILES string of the molecule is COc1cccc(C(C)F)c1CO. The van der Waals surface area contributed by atoms with Crippen LogP contribution in [0.15, 0.2) is 18.2 Å². The van der Waals surface area contributed by atoms with Crippen LogP contribution in [0.4, 0.5) is 4.39 Å². The number of halogens is 1. The van der Waals surface area contributed by atoms with E-state index in [0.29, 0.717) is 16.9 Å². The standard InChI is InChI=1S/C10H13FO2/c1-7(11)8-4-3-5-10(13-2)9(8)6-12/h3-5,7,12H,6H2,1-2H3. The summed E-state index contributed by atoms with van der Waals surface area (Å²) in [5.74, 6) is 0.532. The van der Waals surface area contributed by atoms with E-state index in [1.54, 1.807) is 18.2 Å². The van der Waals surface area contributed by atoms with Gasteiger partial charge in [0.1, 0.15) is 11.9 Å². The maximum absolute atomic E-state index is 13.0. The smallest absolute Gasteiger partial charge is 0.124 e. The summed E-state index contributed by atoms with van der Waals surface area (Å²) in [5, 5.41) is 9.03. The van der Waals surface area contributed by atoms with Crippen LogP contribution in [0.2, 0.25) is 0 Å². The van der Waals surface area contributed by atoms with Crippen molar-refractivity contribution in [2.24, 2.45) is 0 Å². The summed E-state index contributed by atoms with van der Waals surface area (Å²) in [6.45, 7) is 1.24. The first-order valence-electron chi connectivity index (χ1n) is 4.11. The highest BCUT2D eigenvalue weighted by Crippen LogP contribution is 2.28. The second kappa shape index (κ2) is 4.23. The molecular formula is C10H13FO2. The number of rotatable bonds is 3. The van der Waals surface area contributed by atoms with Gasteiger partial charge < -0.3 is 9.84 Å². The molecule has 1 atom stereocenters. The molecule has 72 valence electrons. The molecule has 1 unspecified atom stereocenters. The Kier molecular flexibility index (Phi) is 3.25. The van der Waals surface area contributed by atoms with E-state index in [1.807, 2.05) is 0 Å². The molecule has 1 N–H and O–H groups in total. The van der Waals surface area contributed by atoms with Gasteiger partial charge >= 0.3 is 0 Å². The minimum Gasteiger partial charge on any atom is -0.496 e. The summed E-state index contributed by atoms with van der Waals surface area (Å²) < 4.78 is 18.0. The molecule has 1 aromatic carbocycles. The number of alkyl halides is 1. The third-order valence-electron chi connectivity index (χ3n) is 1.98. The van der Waals surface area contributed by atoms with Gasteiger partial charge in [-0.2, -0.15) is 0 Å². The minimum atomic E-state index is -1.09. The molecule has 0 heterocycles. The first-order chi connectivity index (χ1) is 6.20. The summed E-state index contributed by atoms with van der Waals surface area (Å²) >= 11 is 0. The molecule has 0 aromatic heterocycles. The van der Waals surface area contributed by atoms with Crippen molar-refractivity contribution in [2.75, 3.05) is 7.11 Å². The van der Waals surface area contributed by atoms with Crippen molar-refractivity contribution in [3.05, 3.63) is 29.3 Å². The molecule has 0 aliphatic rings. The number of aliphatic hydroxyl groups is 1. The van der Waals surface area contributed by atoms with Crippen molar-refractivity contribution in [1.29, 1.82) is 0 Å². The Bertz CT molecular complexity index is 284. The summed E-state index contributed by atoms with van der Waals surface area (Å²) in [6.07, 6.45) is -1.09. The highest BCUT2D eigenvalue weighted by molar-refractivity contribution is 5.40. The van der Waals surface area contributed by atoms with Gasteiger partial charge in [0.2, 0.25) is 0 Å². The Morgan fingerprint density at radius 1 is 1.54 bits per heavy atom. The zero-order chi connectivity index (χ0) is 9.84. The molecule has 1 rings (SSSR count). The van der Waals surface area contributed by atoms with Crippen LogP contribution in [0.1, 0.15) is 24.2 Å². The largest absolute Gasteiger partial charge is 0.496 e. The lowest BCUT2D eigenvalue weighted by Crippen LogP contribution is -1.98. The van der Waals surface area contributed by atoms with Crippen LogP contribution in [0.25, 0.3) is 0 Å². The molecule has 13 heavy (non-hydrogen) atoms. The first-order valence-corrected chi connectivity index (χ1v) is 4.11. The molecule has 0 saturated heterocycles. The van der Waals surface area contributed by atoms with E-state index in [4.69, 9.17) is 9.84 Å². The lowest BCUT2D eigenvalue weighted by molar-refractivity contribution is 0.266. The van der Waals surface area contributed by atoms with Crippen molar-refractivity contribution in [3.8, 4) is 5.75 Å². The molecule has 3 heteroatoms. The third kappa shape index (κ3) is 1.98. The molecule has 0 spiro atoms. The van der Waals surface area contributed by atoms with Gasteiger partial charge in [-0.1, -0.05) is 12.1 Å². The first kappa shape index (κ1) is 9.99. The Morgan fingerprint density at radius 2 is 2.23 bits per heavy atom. The summed E-state index contributed by atoms with van der Waals surface area (Å²) in [6, 6.07) is 5.07. The van der Waals surface area contributed by atoms with Gasteiger partial charge in [-0.3, -0.25) is 0 Å². The van der Waals surface area contributed by atoms with Gasteiger partial charge in [-0.05, 0) is 18.6 Å². The molecule has 0 saturated carbocycles. The van der Waals surface area contributed by atoms with Crippen molar-refractivity contribution in [3.63, 3.8) is 0 Å². The van der Waals surface area contributed by atoms with Crippen molar-refractivity contribution in [2.45, 2.75) is 19.7 Å². The predicted molar refractivity (Wildman–Crippen MR) is 48.4 cm³/mol. The van der Waals surface area contributed by atoms with E-state index >= 15 is 0 Å². The zero-order valence-electron chi connectivity index (χ0n) is 7.75. The van der Waals surface area contributed by atoms with E-state index in [-0.39, 0.29) is 6.61 Å². The molecule has 0 bridgehead atoms. The Labute approximate surface area is 77.0 Å². The summed E-state index contributed by atoms with van der Waals surface area (Å²) in [5.41, 5.74) is 1.02. The zero-order valence-corrected chi connectivity index (χ0v) is 7.75. The number of hydrogen-bond acceptors (Lipinski definition) is 2. The van der Waals surface area contributed by atoms with Crippen LogP contribution >= 0.6 is 0 Å². The van der Waals surface area contributed by atoms with Crippen LogP contribution in [0.5, 0.6) is 5.75 Å². The van der Waals surface area contributed by atoms with Crippen LogP contribution in [0, 0.1) is 0 Å². The van der Waals surface area contributed by atoms with Crippen molar-refractivity contribution < 1.29 is 14.2 Å². The second-order valence-electron chi connectivity index (χ2n) is 2.80. The van der Waals surface area contributed by atoms with Crippen LogP contribution in [0.3, 0.4) is 0 Å². The average Bonchev–Trinajstić information content (AvgIpc) is 2.16. The highest BCUT2D eigenvalue weighted by Gasteiger charge is 2.12. The maximum atomic E-state index is 13.0. The number of methoxy groups -OCH3 is 1. The quantitative estimate of drug-likeness (QED) is 0.780. The molecule has 0 aliphatic carbocycles. The van der Waals surface area contributed by atoms with Gasteiger partial charge in [-0.15, -0.1) is 0 Å². The highest BCUT2D eigenvalue weighted by atomic mass is 19.1. The number of aliphatic hydroxyl groups excluding tert-OH is 1. The fourth-order valence-corrected chi connectivity index (χ4v) is 1.32. The molecule has 2 nitrogen and oxygen atoms in total. The number of ether oxygens (including phenoxy) is 1. The minimum absolute atomic E-state index is 0.201. The topological polar surface area (TPSA) is 29.5 Å².